The average Bonchev–Trinajstić information content (AvgIpc) is 2.90. The van der Waals surface area contributed by atoms with Crippen molar-refractivity contribution in [2.45, 2.75) is 18.7 Å². The monoisotopic (exact) mass is 300 g/mol. The molecule has 108 valence electrons. The molecule has 3 aromatic rings. The van der Waals surface area contributed by atoms with E-state index in [1.165, 1.54) is 3.97 Å². The molecule has 0 aliphatic rings. The van der Waals surface area contributed by atoms with Crippen molar-refractivity contribution in [1.29, 1.82) is 0 Å². The Labute approximate surface area is 123 Å². The van der Waals surface area contributed by atoms with Gasteiger partial charge in [-0.25, -0.2) is 12.4 Å². The molecule has 5 heteroatoms. The highest BCUT2D eigenvalue weighted by molar-refractivity contribution is 7.90. The first-order chi connectivity index (χ1) is 9.91. The molecular formula is C16H16N2O2S. The summed E-state index contributed by atoms with van der Waals surface area (Å²) in [6.45, 7) is 3.80. The summed E-state index contributed by atoms with van der Waals surface area (Å²) < 4.78 is 26.9. The maximum absolute atomic E-state index is 12.8. The first-order valence-electron chi connectivity index (χ1n) is 6.59. The fourth-order valence-electron chi connectivity index (χ4n) is 2.44. The van der Waals surface area contributed by atoms with E-state index in [1.807, 2.05) is 19.9 Å². The number of rotatable bonds is 2. The predicted octanol–water partition coefficient (Wildman–Crippen LogP) is 3.08. The second-order valence-corrected chi connectivity index (χ2v) is 6.98. The van der Waals surface area contributed by atoms with Crippen molar-refractivity contribution in [3.63, 3.8) is 0 Å². The number of nitrogens with zero attached hydrogens (tertiary/aromatic N) is 1. The van der Waals surface area contributed by atoms with Crippen molar-refractivity contribution in [2.24, 2.45) is 0 Å². The topological polar surface area (TPSA) is 65.1 Å². The van der Waals surface area contributed by atoms with E-state index in [2.05, 4.69) is 0 Å². The van der Waals surface area contributed by atoms with Crippen LogP contribution in [0.2, 0.25) is 0 Å². The van der Waals surface area contributed by atoms with Gasteiger partial charge in [-0.2, -0.15) is 0 Å². The first-order valence-corrected chi connectivity index (χ1v) is 8.03. The van der Waals surface area contributed by atoms with E-state index in [9.17, 15) is 8.42 Å². The van der Waals surface area contributed by atoms with Gasteiger partial charge in [-0.05, 0) is 43.7 Å². The molecule has 1 heterocycles. The lowest BCUT2D eigenvalue weighted by Gasteiger charge is -2.10. The van der Waals surface area contributed by atoms with Crippen LogP contribution >= 0.6 is 0 Å². The van der Waals surface area contributed by atoms with Gasteiger partial charge in [0, 0.05) is 17.3 Å². The summed E-state index contributed by atoms with van der Waals surface area (Å²) in [4.78, 5) is 0.271. The molecule has 1 aromatic heterocycles. The maximum atomic E-state index is 12.8. The van der Waals surface area contributed by atoms with Crippen LogP contribution in [0.25, 0.3) is 10.9 Å². The standard InChI is InChI=1S/C16H16N2O2S/c1-11-3-6-13(7-4-11)21(19,20)18-10-9-14-15(17)8-5-12(2)16(14)18/h3-10H,17H2,1-2H3. The van der Waals surface area contributed by atoms with Crippen LogP contribution in [0.1, 0.15) is 11.1 Å². The molecule has 0 atom stereocenters. The number of nitrogens with two attached hydrogens (primary N) is 1. The molecule has 2 aromatic carbocycles. The predicted molar refractivity (Wildman–Crippen MR) is 84.9 cm³/mol. The van der Waals surface area contributed by atoms with E-state index >= 15 is 0 Å². The van der Waals surface area contributed by atoms with Crippen LogP contribution in [0.3, 0.4) is 0 Å². The molecule has 4 nitrogen and oxygen atoms in total. The minimum Gasteiger partial charge on any atom is -0.398 e. The number of nitrogen functional groups attached to an aromatic ring is 1. The zero-order valence-corrected chi connectivity index (χ0v) is 12.7. The summed E-state index contributed by atoms with van der Waals surface area (Å²) >= 11 is 0. The number of hydrogen-bond acceptors (Lipinski definition) is 3. The zero-order valence-electron chi connectivity index (χ0n) is 11.9. The van der Waals surface area contributed by atoms with Crippen LogP contribution in [-0.2, 0) is 10.0 Å². The quantitative estimate of drug-likeness (QED) is 0.740. The van der Waals surface area contributed by atoms with Crippen molar-refractivity contribution >= 4 is 26.6 Å². The number of aromatic nitrogens is 1. The van der Waals surface area contributed by atoms with Crippen molar-refractivity contribution in [3.8, 4) is 0 Å². The van der Waals surface area contributed by atoms with Gasteiger partial charge in [-0.15, -0.1) is 0 Å². The van der Waals surface area contributed by atoms with Gasteiger partial charge in [-0.1, -0.05) is 23.8 Å². The molecule has 21 heavy (non-hydrogen) atoms. The lowest BCUT2D eigenvalue weighted by Crippen LogP contribution is -2.12. The highest BCUT2D eigenvalue weighted by atomic mass is 32.2. The van der Waals surface area contributed by atoms with E-state index < -0.39 is 10.0 Å². The summed E-state index contributed by atoms with van der Waals surface area (Å²) in [5.41, 5.74) is 9.04. The highest BCUT2D eigenvalue weighted by Gasteiger charge is 2.20. The second kappa shape index (κ2) is 4.63. The fraction of sp³-hybridized carbons (Fsp3) is 0.125. The van der Waals surface area contributed by atoms with Gasteiger partial charge in [0.1, 0.15) is 0 Å². The Bertz CT molecular complexity index is 923. The molecular weight excluding hydrogens is 284 g/mol. The van der Waals surface area contributed by atoms with Crippen molar-refractivity contribution in [3.05, 3.63) is 59.8 Å². The van der Waals surface area contributed by atoms with Crippen molar-refractivity contribution in [2.75, 3.05) is 5.73 Å². The second-order valence-electron chi connectivity index (χ2n) is 5.16. The van der Waals surface area contributed by atoms with Gasteiger partial charge in [0.25, 0.3) is 10.0 Å². The minimum atomic E-state index is -3.62. The number of hydrogen-bond donors (Lipinski definition) is 1. The largest absolute Gasteiger partial charge is 0.398 e. The maximum Gasteiger partial charge on any atom is 0.268 e. The third-order valence-corrected chi connectivity index (χ3v) is 5.32. The van der Waals surface area contributed by atoms with Gasteiger partial charge in [0.15, 0.2) is 0 Å². The van der Waals surface area contributed by atoms with Crippen molar-refractivity contribution < 1.29 is 8.42 Å². The molecule has 0 radical (unpaired) electrons. The molecule has 0 aliphatic heterocycles. The molecule has 0 amide bonds. The molecule has 0 bridgehead atoms. The van der Waals surface area contributed by atoms with E-state index in [0.717, 1.165) is 16.5 Å². The third kappa shape index (κ3) is 2.10. The van der Waals surface area contributed by atoms with Crippen LogP contribution in [0.5, 0.6) is 0 Å². The van der Waals surface area contributed by atoms with Gasteiger partial charge in [0.05, 0.1) is 10.4 Å². The van der Waals surface area contributed by atoms with Crippen LogP contribution in [0.15, 0.2) is 53.6 Å². The summed E-state index contributed by atoms with van der Waals surface area (Å²) in [7, 11) is -3.62. The third-order valence-electron chi connectivity index (χ3n) is 3.63. The summed E-state index contributed by atoms with van der Waals surface area (Å²) in [5, 5.41) is 0.755. The van der Waals surface area contributed by atoms with E-state index in [-0.39, 0.29) is 4.90 Å². The van der Waals surface area contributed by atoms with E-state index in [1.54, 1.807) is 42.6 Å². The molecule has 2 N–H and O–H groups in total. The fourth-order valence-corrected chi connectivity index (χ4v) is 3.85. The Morgan fingerprint density at radius 3 is 2.29 bits per heavy atom. The normalized spacial score (nSPS) is 11.9. The molecule has 0 fully saturated rings. The molecule has 0 aliphatic carbocycles. The Balaban J connectivity index is 2.29. The van der Waals surface area contributed by atoms with Crippen molar-refractivity contribution in [1.82, 2.24) is 3.97 Å². The molecule has 0 saturated carbocycles. The number of aryl methyl sites for hydroxylation is 2. The summed E-state index contributed by atoms with van der Waals surface area (Å²) in [6.07, 6.45) is 1.56. The Kier molecular flexibility index (Phi) is 3.02. The Morgan fingerprint density at radius 2 is 1.62 bits per heavy atom. The van der Waals surface area contributed by atoms with Gasteiger partial charge < -0.3 is 5.73 Å². The number of benzene rings is 2. The van der Waals surface area contributed by atoms with Gasteiger partial charge in [-0.3, -0.25) is 0 Å². The lowest BCUT2D eigenvalue weighted by molar-refractivity contribution is 0.589. The van der Waals surface area contributed by atoms with Gasteiger partial charge in [0.2, 0.25) is 0 Å². The molecule has 0 saturated heterocycles. The zero-order chi connectivity index (χ0) is 15.2. The first kappa shape index (κ1) is 13.7. The average molecular weight is 300 g/mol. The number of anilines is 1. The van der Waals surface area contributed by atoms with Crippen LogP contribution in [-0.4, -0.2) is 12.4 Å². The molecule has 0 unspecified atom stereocenters. The summed E-state index contributed by atoms with van der Waals surface area (Å²) in [6, 6.07) is 12.2. The highest BCUT2D eigenvalue weighted by Crippen LogP contribution is 2.28. The summed E-state index contributed by atoms with van der Waals surface area (Å²) in [5.74, 6) is 0. The molecule has 0 spiro atoms. The smallest absolute Gasteiger partial charge is 0.268 e. The minimum absolute atomic E-state index is 0.271. The number of fused-ring (bicyclic) bond motifs is 1. The Morgan fingerprint density at radius 1 is 0.952 bits per heavy atom. The molecule has 3 rings (SSSR count). The lowest BCUT2D eigenvalue weighted by atomic mass is 10.1. The van der Waals surface area contributed by atoms with E-state index in [4.69, 9.17) is 5.73 Å². The van der Waals surface area contributed by atoms with E-state index in [0.29, 0.717) is 11.2 Å². The Hall–Kier alpha value is -2.27. The van der Waals surface area contributed by atoms with Crippen LogP contribution in [0, 0.1) is 13.8 Å². The SMILES string of the molecule is Cc1ccc(S(=O)(=O)n2ccc3c(N)ccc(C)c32)cc1. The van der Waals surface area contributed by atoms with Gasteiger partial charge >= 0.3 is 0 Å². The van der Waals surface area contributed by atoms with Crippen LogP contribution < -0.4 is 5.73 Å². The van der Waals surface area contributed by atoms with Crippen LogP contribution in [0.4, 0.5) is 5.69 Å².